The van der Waals surface area contributed by atoms with Crippen LogP contribution in [-0.2, 0) is 6.42 Å². The molecule has 2 aromatic rings. The van der Waals surface area contributed by atoms with Crippen LogP contribution in [-0.4, -0.2) is 33.8 Å². The maximum atomic E-state index is 12.7. The summed E-state index contributed by atoms with van der Waals surface area (Å²) < 4.78 is 5.23. The molecule has 0 bridgehead atoms. The Morgan fingerprint density at radius 2 is 2.46 bits per heavy atom. The Balaban J connectivity index is 1.66. The third-order valence-corrected chi connectivity index (χ3v) is 5.46. The van der Waals surface area contributed by atoms with Gasteiger partial charge in [0, 0.05) is 23.9 Å². The van der Waals surface area contributed by atoms with Crippen molar-refractivity contribution in [2.24, 2.45) is 0 Å². The van der Waals surface area contributed by atoms with Crippen molar-refractivity contribution < 1.29 is 14.4 Å². The highest BCUT2D eigenvalue weighted by atomic mass is 32.1. The molecule has 2 unspecified atom stereocenters. The summed E-state index contributed by atoms with van der Waals surface area (Å²) >= 11 is 1.54. The normalized spacial score (nSPS) is 18.8. The summed E-state index contributed by atoms with van der Waals surface area (Å²) in [6.45, 7) is 4.49. The number of anilines is 1. The van der Waals surface area contributed by atoms with Crippen LogP contribution in [0.1, 0.15) is 48.6 Å². The molecule has 0 spiro atoms. The van der Waals surface area contributed by atoms with Gasteiger partial charge < -0.3 is 19.8 Å². The summed E-state index contributed by atoms with van der Waals surface area (Å²) in [4.78, 5) is 15.4. The SMILES string of the molecule is CCc1onc(C)c1NC(=O)N1CCCC1CC(O)c1cccs1. The number of hydrogen-bond acceptors (Lipinski definition) is 5. The summed E-state index contributed by atoms with van der Waals surface area (Å²) in [6, 6.07) is 3.77. The minimum Gasteiger partial charge on any atom is -0.387 e. The number of likely N-dealkylation sites (tertiary alicyclic amines) is 1. The van der Waals surface area contributed by atoms with Crippen molar-refractivity contribution in [2.75, 3.05) is 11.9 Å². The van der Waals surface area contributed by atoms with E-state index in [1.54, 1.807) is 11.3 Å². The lowest BCUT2D eigenvalue weighted by Crippen LogP contribution is -2.39. The molecule has 7 heteroatoms. The standard InChI is InChI=1S/C17H23N3O3S/c1-3-14-16(11(2)19-23-14)18-17(22)20-8-4-6-12(20)10-13(21)15-7-5-9-24-15/h5,7,9,12-13,21H,3-4,6,8,10H2,1-2H3,(H,18,22). The van der Waals surface area contributed by atoms with E-state index in [-0.39, 0.29) is 12.1 Å². The number of aryl methyl sites for hydroxylation is 2. The van der Waals surface area contributed by atoms with Crippen LogP contribution in [0.2, 0.25) is 0 Å². The monoisotopic (exact) mass is 349 g/mol. The lowest BCUT2D eigenvalue weighted by Gasteiger charge is -2.26. The van der Waals surface area contributed by atoms with Crippen molar-refractivity contribution in [2.45, 2.75) is 51.7 Å². The van der Waals surface area contributed by atoms with Crippen molar-refractivity contribution in [1.29, 1.82) is 0 Å². The van der Waals surface area contributed by atoms with E-state index in [1.807, 2.05) is 36.3 Å². The smallest absolute Gasteiger partial charge is 0.322 e. The maximum Gasteiger partial charge on any atom is 0.322 e. The summed E-state index contributed by atoms with van der Waals surface area (Å²) in [5.41, 5.74) is 1.36. The third-order valence-electron chi connectivity index (χ3n) is 4.49. The molecule has 2 atom stereocenters. The first kappa shape index (κ1) is 17.0. The molecule has 1 saturated heterocycles. The molecule has 3 heterocycles. The molecule has 2 aromatic heterocycles. The number of rotatable bonds is 5. The molecule has 0 aliphatic carbocycles. The number of nitrogens with one attached hydrogen (secondary N) is 1. The van der Waals surface area contributed by atoms with Crippen LogP contribution in [0.15, 0.2) is 22.0 Å². The molecule has 1 fully saturated rings. The average molecular weight is 349 g/mol. The topological polar surface area (TPSA) is 78.6 Å². The highest BCUT2D eigenvalue weighted by Crippen LogP contribution is 2.30. The van der Waals surface area contributed by atoms with Gasteiger partial charge >= 0.3 is 6.03 Å². The van der Waals surface area contributed by atoms with E-state index in [0.29, 0.717) is 36.5 Å². The fourth-order valence-corrected chi connectivity index (χ4v) is 3.92. The van der Waals surface area contributed by atoms with Crippen LogP contribution < -0.4 is 5.32 Å². The van der Waals surface area contributed by atoms with E-state index in [1.165, 1.54) is 0 Å². The quantitative estimate of drug-likeness (QED) is 0.862. The van der Waals surface area contributed by atoms with E-state index in [9.17, 15) is 9.90 Å². The number of aromatic nitrogens is 1. The zero-order valence-electron chi connectivity index (χ0n) is 14.0. The van der Waals surface area contributed by atoms with Gasteiger partial charge in [-0.2, -0.15) is 0 Å². The molecular weight excluding hydrogens is 326 g/mol. The van der Waals surface area contributed by atoms with Crippen LogP contribution in [0.3, 0.4) is 0 Å². The Hall–Kier alpha value is -1.86. The number of thiophene rings is 1. The third kappa shape index (κ3) is 3.47. The lowest BCUT2D eigenvalue weighted by atomic mass is 10.1. The Bertz CT molecular complexity index is 683. The van der Waals surface area contributed by atoms with Gasteiger partial charge in [-0.05, 0) is 37.6 Å². The van der Waals surface area contributed by atoms with E-state index >= 15 is 0 Å². The van der Waals surface area contributed by atoms with Gasteiger partial charge in [-0.3, -0.25) is 0 Å². The second kappa shape index (κ2) is 7.36. The number of urea groups is 1. The summed E-state index contributed by atoms with van der Waals surface area (Å²) in [5.74, 6) is 0.690. The van der Waals surface area contributed by atoms with E-state index < -0.39 is 6.10 Å². The summed E-state index contributed by atoms with van der Waals surface area (Å²) in [5, 5.41) is 19.2. The van der Waals surface area contributed by atoms with E-state index in [4.69, 9.17) is 4.52 Å². The zero-order chi connectivity index (χ0) is 17.1. The fourth-order valence-electron chi connectivity index (χ4n) is 3.20. The van der Waals surface area contributed by atoms with Gasteiger partial charge in [0.25, 0.3) is 0 Å². The molecule has 2 N–H and O–H groups in total. The van der Waals surface area contributed by atoms with Crippen molar-refractivity contribution >= 4 is 23.1 Å². The van der Waals surface area contributed by atoms with Crippen molar-refractivity contribution in [1.82, 2.24) is 10.1 Å². The number of aliphatic hydroxyl groups is 1. The molecule has 1 aliphatic heterocycles. The van der Waals surface area contributed by atoms with Crippen molar-refractivity contribution in [3.63, 3.8) is 0 Å². The zero-order valence-corrected chi connectivity index (χ0v) is 14.8. The Labute approximate surface area is 145 Å². The van der Waals surface area contributed by atoms with Gasteiger partial charge in [0.05, 0.1) is 6.10 Å². The van der Waals surface area contributed by atoms with Crippen LogP contribution in [0.4, 0.5) is 10.5 Å². The number of aliphatic hydroxyl groups excluding tert-OH is 1. The van der Waals surface area contributed by atoms with Crippen molar-refractivity contribution in [3.05, 3.63) is 33.8 Å². The predicted molar refractivity (Wildman–Crippen MR) is 93.3 cm³/mol. The van der Waals surface area contributed by atoms with Crippen LogP contribution in [0.5, 0.6) is 0 Å². The first-order valence-electron chi connectivity index (χ1n) is 8.34. The second-order valence-corrected chi connectivity index (χ2v) is 7.09. The maximum absolute atomic E-state index is 12.7. The Kier molecular flexibility index (Phi) is 5.20. The van der Waals surface area contributed by atoms with Crippen LogP contribution in [0, 0.1) is 6.92 Å². The Morgan fingerprint density at radius 1 is 1.62 bits per heavy atom. The van der Waals surface area contributed by atoms with Crippen LogP contribution >= 0.6 is 11.3 Å². The molecule has 130 valence electrons. The first-order chi connectivity index (χ1) is 11.6. The highest BCUT2D eigenvalue weighted by Gasteiger charge is 2.31. The van der Waals surface area contributed by atoms with Gasteiger partial charge in [-0.15, -0.1) is 11.3 Å². The van der Waals surface area contributed by atoms with Gasteiger partial charge in [-0.25, -0.2) is 4.79 Å². The highest BCUT2D eigenvalue weighted by molar-refractivity contribution is 7.10. The van der Waals surface area contributed by atoms with Gasteiger partial charge in [0.2, 0.25) is 0 Å². The molecule has 0 saturated carbocycles. The van der Waals surface area contributed by atoms with E-state index in [2.05, 4.69) is 10.5 Å². The van der Waals surface area contributed by atoms with Crippen molar-refractivity contribution in [3.8, 4) is 0 Å². The summed E-state index contributed by atoms with van der Waals surface area (Å²) in [7, 11) is 0. The molecule has 0 aromatic carbocycles. The minimum absolute atomic E-state index is 0.0485. The van der Waals surface area contributed by atoms with Gasteiger partial charge in [0.1, 0.15) is 11.4 Å². The first-order valence-corrected chi connectivity index (χ1v) is 9.22. The Morgan fingerprint density at radius 3 is 3.17 bits per heavy atom. The van der Waals surface area contributed by atoms with Gasteiger partial charge in [0.15, 0.2) is 5.76 Å². The molecule has 0 radical (unpaired) electrons. The average Bonchev–Trinajstić information content (AvgIpc) is 3.29. The molecule has 3 rings (SSSR count). The summed E-state index contributed by atoms with van der Waals surface area (Å²) in [6.07, 6.45) is 2.60. The fraction of sp³-hybridized carbons (Fsp3) is 0.529. The molecular formula is C17H23N3O3S. The number of hydrogen-bond donors (Lipinski definition) is 2. The molecule has 24 heavy (non-hydrogen) atoms. The minimum atomic E-state index is -0.521. The van der Waals surface area contributed by atoms with Gasteiger partial charge in [-0.1, -0.05) is 18.1 Å². The lowest BCUT2D eigenvalue weighted by molar-refractivity contribution is 0.132. The number of carbonyl (C=O) groups is 1. The van der Waals surface area contributed by atoms with Crippen LogP contribution in [0.25, 0.3) is 0 Å². The number of nitrogens with zero attached hydrogens (tertiary/aromatic N) is 2. The number of carbonyl (C=O) groups excluding carboxylic acids is 1. The molecule has 2 amide bonds. The molecule has 6 nitrogen and oxygen atoms in total. The number of amides is 2. The molecule has 1 aliphatic rings. The second-order valence-electron chi connectivity index (χ2n) is 6.11. The van der Waals surface area contributed by atoms with E-state index in [0.717, 1.165) is 17.7 Å². The predicted octanol–water partition coefficient (Wildman–Crippen LogP) is 3.73. The largest absolute Gasteiger partial charge is 0.387 e.